The molecule has 0 unspecified atom stereocenters. The van der Waals surface area contributed by atoms with Crippen LogP contribution in [0.15, 0.2) is 35.0 Å². The first-order chi connectivity index (χ1) is 14.2. The second kappa shape index (κ2) is 10.5. The third-order valence-electron chi connectivity index (χ3n) is 5.89. The largest absolute Gasteiger partial charge is 0.420 e. The van der Waals surface area contributed by atoms with E-state index in [0.29, 0.717) is 18.3 Å². The van der Waals surface area contributed by atoms with Crippen LogP contribution in [0.25, 0.3) is 6.08 Å². The second-order valence-electron chi connectivity index (χ2n) is 7.83. The summed E-state index contributed by atoms with van der Waals surface area (Å²) >= 11 is 0. The Morgan fingerprint density at radius 3 is 2.24 bits per heavy atom. The molecule has 1 aliphatic carbocycles. The van der Waals surface area contributed by atoms with Crippen molar-refractivity contribution in [3.8, 4) is 0 Å². The fourth-order valence-corrected chi connectivity index (χ4v) is 4.12. The zero-order chi connectivity index (χ0) is 20.6. The van der Waals surface area contributed by atoms with E-state index >= 15 is 0 Å². The molecule has 0 aromatic heterocycles. The van der Waals surface area contributed by atoms with Gasteiger partial charge in [0.1, 0.15) is 0 Å². The minimum atomic E-state index is -0.0927. The number of carbonyl (C=O) groups excluding carboxylic acids is 1. The van der Waals surface area contributed by atoms with Gasteiger partial charge in [-0.2, -0.15) is 0 Å². The van der Waals surface area contributed by atoms with Crippen molar-refractivity contribution in [2.24, 2.45) is 4.99 Å². The zero-order valence-corrected chi connectivity index (χ0v) is 18.2. The summed E-state index contributed by atoms with van der Waals surface area (Å²) in [5.74, 6) is 0.275. The monoisotopic (exact) mass is 397 g/mol. The molecule has 1 aliphatic heterocycles. The van der Waals surface area contributed by atoms with Gasteiger partial charge in [-0.1, -0.05) is 44.2 Å². The van der Waals surface area contributed by atoms with Gasteiger partial charge in [0.2, 0.25) is 0 Å². The summed E-state index contributed by atoms with van der Waals surface area (Å²) in [6.07, 6.45) is 10.3. The van der Waals surface area contributed by atoms with Crippen molar-refractivity contribution in [2.45, 2.75) is 71.8 Å². The maximum absolute atomic E-state index is 12.8. The van der Waals surface area contributed by atoms with Crippen LogP contribution in [0, 0.1) is 0 Å². The quantitative estimate of drug-likeness (QED) is 0.618. The van der Waals surface area contributed by atoms with E-state index in [1.807, 2.05) is 25.1 Å². The number of amidine groups is 1. The Morgan fingerprint density at radius 1 is 1.03 bits per heavy atom. The summed E-state index contributed by atoms with van der Waals surface area (Å²) in [4.78, 5) is 21.6. The molecule has 1 saturated heterocycles. The number of anilines is 1. The van der Waals surface area contributed by atoms with Crippen LogP contribution in [0.4, 0.5) is 5.69 Å². The summed E-state index contributed by atoms with van der Waals surface area (Å²) in [7, 11) is 0. The van der Waals surface area contributed by atoms with E-state index < -0.39 is 0 Å². The number of aliphatic imine (C=N–C) groups is 1. The first kappa shape index (κ1) is 21.4. The van der Waals surface area contributed by atoms with Gasteiger partial charge in [-0.05, 0) is 57.4 Å². The maximum Gasteiger partial charge on any atom is 0.300 e. The van der Waals surface area contributed by atoms with E-state index in [1.54, 1.807) is 4.90 Å². The molecule has 2 fully saturated rings. The van der Waals surface area contributed by atoms with Crippen molar-refractivity contribution in [3.63, 3.8) is 0 Å². The van der Waals surface area contributed by atoms with Crippen LogP contribution in [-0.2, 0) is 9.53 Å². The van der Waals surface area contributed by atoms with Crippen molar-refractivity contribution in [1.29, 1.82) is 0 Å². The lowest BCUT2D eigenvalue weighted by Crippen LogP contribution is -2.30. The number of likely N-dealkylation sites (N-methyl/N-ethyl adjacent to an activating group) is 1. The van der Waals surface area contributed by atoms with Crippen LogP contribution in [0.2, 0.25) is 0 Å². The van der Waals surface area contributed by atoms with Gasteiger partial charge in [0, 0.05) is 25.3 Å². The average molecular weight is 398 g/mol. The second-order valence-corrected chi connectivity index (χ2v) is 7.83. The Labute approximate surface area is 175 Å². The van der Waals surface area contributed by atoms with Crippen LogP contribution in [0.3, 0.4) is 0 Å². The Bertz CT molecular complexity index is 727. The van der Waals surface area contributed by atoms with E-state index in [2.05, 4.69) is 30.9 Å². The van der Waals surface area contributed by atoms with Crippen molar-refractivity contribution >= 4 is 23.7 Å². The van der Waals surface area contributed by atoms with E-state index in [0.717, 1.165) is 31.5 Å². The molecule has 1 heterocycles. The minimum absolute atomic E-state index is 0.0927. The normalized spacial score (nSPS) is 21.3. The van der Waals surface area contributed by atoms with Gasteiger partial charge in [0.05, 0.1) is 6.04 Å². The van der Waals surface area contributed by atoms with E-state index in [4.69, 9.17) is 9.73 Å². The molecule has 5 heteroatoms. The van der Waals surface area contributed by atoms with Gasteiger partial charge < -0.3 is 9.64 Å². The molecule has 29 heavy (non-hydrogen) atoms. The van der Waals surface area contributed by atoms with Crippen LogP contribution in [0.5, 0.6) is 0 Å². The van der Waals surface area contributed by atoms with E-state index in [9.17, 15) is 4.79 Å². The summed E-state index contributed by atoms with van der Waals surface area (Å²) in [6.45, 7) is 8.80. The number of nitrogens with zero attached hydrogens (tertiary/aromatic N) is 3. The summed E-state index contributed by atoms with van der Waals surface area (Å²) in [5, 5.41) is 0. The molecule has 3 rings (SSSR count). The van der Waals surface area contributed by atoms with Crippen molar-refractivity contribution in [2.75, 3.05) is 24.5 Å². The number of hydrogen-bond acceptors (Lipinski definition) is 4. The lowest BCUT2D eigenvalue weighted by atomic mass is 9.97. The fraction of sp³-hybridized carbons (Fsp3) is 0.583. The maximum atomic E-state index is 12.8. The van der Waals surface area contributed by atoms with Crippen molar-refractivity contribution in [1.82, 2.24) is 4.90 Å². The third kappa shape index (κ3) is 5.40. The van der Waals surface area contributed by atoms with E-state index in [1.165, 1.54) is 37.8 Å². The summed E-state index contributed by atoms with van der Waals surface area (Å²) < 4.78 is 5.95. The number of rotatable bonds is 6. The van der Waals surface area contributed by atoms with Crippen molar-refractivity contribution < 1.29 is 9.53 Å². The molecule has 2 aliphatic rings. The number of ether oxygens (including phenoxy) is 1. The van der Waals surface area contributed by atoms with Gasteiger partial charge in [-0.3, -0.25) is 9.69 Å². The van der Waals surface area contributed by atoms with Crippen LogP contribution in [0.1, 0.15) is 71.3 Å². The topological polar surface area (TPSA) is 45.1 Å². The van der Waals surface area contributed by atoms with Crippen LogP contribution < -0.4 is 4.90 Å². The van der Waals surface area contributed by atoms with E-state index in [-0.39, 0.29) is 11.9 Å². The third-order valence-corrected chi connectivity index (χ3v) is 5.89. The molecular weight excluding hydrogens is 362 g/mol. The van der Waals surface area contributed by atoms with Crippen LogP contribution >= 0.6 is 0 Å². The molecule has 0 atom stereocenters. The van der Waals surface area contributed by atoms with Crippen molar-refractivity contribution in [3.05, 3.63) is 35.6 Å². The van der Waals surface area contributed by atoms with Gasteiger partial charge >= 0.3 is 6.02 Å². The minimum Gasteiger partial charge on any atom is -0.420 e. The standard InChI is InChI=1S/C24H35N3O2/c1-4-26(5-2)21-16-14-19(15-17-21)18-22-23(28)27(6-3)24(29-22)25-20-12-10-8-7-9-11-13-20/h14-18,20H,4-13H2,1-3H3/b22-18+,25-24+. The Kier molecular flexibility index (Phi) is 7.73. The zero-order valence-electron chi connectivity index (χ0n) is 18.2. The highest BCUT2D eigenvalue weighted by molar-refractivity contribution is 6.11. The number of hydrogen-bond donors (Lipinski definition) is 0. The molecule has 0 N–H and O–H groups in total. The highest BCUT2D eigenvalue weighted by atomic mass is 16.5. The Morgan fingerprint density at radius 2 is 1.66 bits per heavy atom. The van der Waals surface area contributed by atoms with Gasteiger partial charge in [-0.15, -0.1) is 0 Å². The molecule has 1 aromatic carbocycles. The molecule has 0 bridgehead atoms. The molecule has 1 aromatic rings. The molecular formula is C24H35N3O2. The predicted octanol–water partition coefficient (Wildman–Crippen LogP) is 5.22. The SMILES string of the molecule is CCN1C(=O)/C(=C\c2ccc(N(CC)CC)cc2)O/C1=N/C1CCCCCCC1. The molecule has 1 saturated carbocycles. The molecule has 0 spiro atoms. The number of carbonyl (C=O) groups is 1. The molecule has 5 nitrogen and oxygen atoms in total. The highest BCUT2D eigenvalue weighted by Crippen LogP contribution is 2.25. The first-order valence-electron chi connectivity index (χ1n) is 11.3. The first-order valence-corrected chi connectivity index (χ1v) is 11.3. The Hall–Kier alpha value is -2.30. The lowest BCUT2D eigenvalue weighted by Gasteiger charge is -2.20. The molecule has 158 valence electrons. The number of amides is 1. The fourth-order valence-electron chi connectivity index (χ4n) is 4.12. The smallest absolute Gasteiger partial charge is 0.300 e. The van der Waals surface area contributed by atoms with Crippen LogP contribution in [-0.4, -0.2) is 42.5 Å². The average Bonchev–Trinajstić information content (AvgIpc) is 3.00. The molecule has 0 radical (unpaired) electrons. The lowest BCUT2D eigenvalue weighted by molar-refractivity contribution is -0.122. The highest BCUT2D eigenvalue weighted by Gasteiger charge is 2.34. The Balaban J connectivity index is 1.76. The van der Waals surface area contributed by atoms with Gasteiger partial charge in [0.15, 0.2) is 5.76 Å². The summed E-state index contributed by atoms with van der Waals surface area (Å²) in [6, 6.07) is 9.02. The predicted molar refractivity (Wildman–Crippen MR) is 120 cm³/mol. The van der Waals surface area contributed by atoms with Gasteiger partial charge in [-0.25, -0.2) is 4.99 Å². The summed E-state index contributed by atoms with van der Waals surface area (Å²) in [5.41, 5.74) is 2.16. The molecule has 1 amide bonds. The van der Waals surface area contributed by atoms with Gasteiger partial charge in [0.25, 0.3) is 5.91 Å². The number of benzene rings is 1.